The smallest absolute Gasteiger partial charge is 0.254 e. The molecular weight excluding hydrogens is 446 g/mol. The van der Waals surface area contributed by atoms with E-state index in [1.54, 1.807) is 37.3 Å². The van der Waals surface area contributed by atoms with Gasteiger partial charge in [0.05, 0.1) is 20.0 Å². The van der Waals surface area contributed by atoms with Gasteiger partial charge in [0.25, 0.3) is 5.91 Å². The normalized spacial score (nSPS) is 18.7. The Bertz CT molecular complexity index is 913. The summed E-state index contributed by atoms with van der Waals surface area (Å²) >= 11 is 0. The number of ether oxygens (including phenoxy) is 2. The van der Waals surface area contributed by atoms with Crippen molar-refractivity contribution in [2.45, 2.75) is 45.1 Å². The maximum absolute atomic E-state index is 12.9. The van der Waals surface area contributed by atoms with Crippen LogP contribution < -0.4 is 14.8 Å². The third kappa shape index (κ3) is 6.38. The van der Waals surface area contributed by atoms with Gasteiger partial charge in [-0.05, 0) is 44.2 Å². The van der Waals surface area contributed by atoms with Crippen LogP contribution in [0.5, 0.6) is 11.5 Å². The second kappa shape index (κ2) is 11.2. The first-order valence-corrected chi connectivity index (χ1v) is 13.2. The largest absolute Gasteiger partial charge is 0.497 e. The number of hydrogen-bond acceptors (Lipinski definition) is 6. The van der Waals surface area contributed by atoms with Gasteiger partial charge in [-0.25, -0.2) is 12.7 Å². The van der Waals surface area contributed by atoms with Crippen molar-refractivity contribution in [1.29, 1.82) is 0 Å². The number of nitrogens with zero attached hydrogens (tertiary/aromatic N) is 2. The van der Waals surface area contributed by atoms with E-state index in [0.717, 1.165) is 0 Å². The van der Waals surface area contributed by atoms with Gasteiger partial charge in [-0.15, -0.1) is 0 Å². The highest BCUT2D eigenvalue weighted by molar-refractivity contribution is 7.89. The van der Waals surface area contributed by atoms with Gasteiger partial charge >= 0.3 is 0 Å². The van der Waals surface area contributed by atoms with Gasteiger partial charge in [0.2, 0.25) is 15.9 Å². The molecule has 184 valence electrons. The summed E-state index contributed by atoms with van der Waals surface area (Å²) in [6.07, 6.45) is 3.06. The van der Waals surface area contributed by atoms with E-state index in [1.807, 2.05) is 6.92 Å². The summed E-state index contributed by atoms with van der Waals surface area (Å²) in [6, 6.07) is 5.10. The van der Waals surface area contributed by atoms with Crippen LogP contribution in [0.2, 0.25) is 0 Å². The second-order valence-electron chi connectivity index (χ2n) is 8.67. The van der Waals surface area contributed by atoms with Gasteiger partial charge in [0, 0.05) is 49.8 Å². The summed E-state index contributed by atoms with van der Waals surface area (Å²) in [5, 5.41) is 3.10. The monoisotopic (exact) mass is 481 g/mol. The summed E-state index contributed by atoms with van der Waals surface area (Å²) in [5.41, 5.74) is 0.499. The molecule has 0 aromatic heterocycles. The molecule has 2 aliphatic rings. The molecular formula is C23H35N3O6S. The number of amides is 2. The van der Waals surface area contributed by atoms with Gasteiger partial charge < -0.3 is 19.7 Å². The Morgan fingerprint density at radius 1 is 0.970 bits per heavy atom. The standard InChI is InChI=1S/C23H35N3O6S/c1-4-13-33(29,30)26-11-7-19(8-12-26)24-22(27)17-5-9-25(10-6-17)23(28)18-14-20(31-2)16-21(15-18)32-3/h14-17,19H,4-13H2,1-3H3,(H,24,27). The Labute approximate surface area is 196 Å². The zero-order valence-corrected chi connectivity index (χ0v) is 20.5. The number of nitrogens with one attached hydrogen (secondary N) is 1. The number of likely N-dealkylation sites (tertiary alicyclic amines) is 1. The van der Waals surface area contributed by atoms with Crippen LogP contribution in [0.1, 0.15) is 49.4 Å². The lowest BCUT2D eigenvalue weighted by Gasteiger charge is -2.34. The van der Waals surface area contributed by atoms with E-state index in [1.165, 1.54) is 4.31 Å². The SMILES string of the molecule is CCCS(=O)(=O)N1CCC(NC(=O)C2CCN(C(=O)c3cc(OC)cc(OC)c3)CC2)CC1. The van der Waals surface area contributed by atoms with Crippen molar-refractivity contribution in [3.63, 3.8) is 0 Å². The first-order chi connectivity index (χ1) is 15.8. The van der Waals surface area contributed by atoms with E-state index >= 15 is 0 Å². The second-order valence-corrected chi connectivity index (χ2v) is 10.8. The Morgan fingerprint density at radius 3 is 2.06 bits per heavy atom. The summed E-state index contributed by atoms with van der Waals surface area (Å²) in [6.45, 7) is 3.76. The van der Waals surface area contributed by atoms with Crippen LogP contribution in [0, 0.1) is 5.92 Å². The fourth-order valence-electron chi connectivity index (χ4n) is 4.44. The van der Waals surface area contributed by atoms with Crippen molar-refractivity contribution in [2.24, 2.45) is 5.92 Å². The highest BCUT2D eigenvalue weighted by atomic mass is 32.2. The van der Waals surface area contributed by atoms with Gasteiger partial charge in [-0.2, -0.15) is 0 Å². The average Bonchev–Trinajstić information content (AvgIpc) is 2.83. The minimum absolute atomic E-state index is 0.0000129. The van der Waals surface area contributed by atoms with Crippen molar-refractivity contribution in [3.05, 3.63) is 23.8 Å². The van der Waals surface area contributed by atoms with E-state index < -0.39 is 10.0 Å². The molecule has 0 bridgehead atoms. The number of hydrogen-bond donors (Lipinski definition) is 1. The zero-order chi connectivity index (χ0) is 24.0. The number of piperidine rings is 2. The number of carbonyl (C=O) groups excluding carboxylic acids is 2. The molecule has 1 N–H and O–H groups in total. The van der Waals surface area contributed by atoms with Gasteiger partial charge in [-0.1, -0.05) is 6.92 Å². The molecule has 2 amide bonds. The predicted molar refractivity (Wildman–Crippen MR) is 125 cm³/mol. The van der Waals surface area contributed by atoms with Crippen molar-refractivity contribution in [1.82, 2.24) is 14.5 Å². The minimum Gasteiger partial charge on any atom is -0.497 e. The molecule has 0 unspecified atom stereocenters. The summed E-state index contributed by atoms with van der Waals surface area (Å²) in [4.78, 5) is 27.5. The van der Waals surface area contributed by atoms with E-state index in [4.69, 9.17) is 9.47 Å². The molecule has 2 aliphatic heterocycles. The molecule has 0 aliphatic carbocycles. The lowest BCUT2D eigenvalue weighted by Crippen LogP contribution is -2.49. The summed E-state index contributed by atoms with van der Waals surface area (Å²) in [5.74, 6) is 1.03. The fourth-order valence-corrected chi connectivity index (χ4v) is 5.98. The van der Waals surface area contributed by atoms with E-state index in [-0.39, 0.29) is 29.5 Å². The molecule has 10 heteroatoms. The molecule has 9 nitrogen and oxygen atoms in total. The highest BCUT2D eigenvalue weighted by Gasteiger charge is 2.32. The Kier molecular flexibility index (Phi) is 8.58. The van der Waals surface area contributed by atoms with Crippen molar-refractivity contribution >= 4 is 21.8 Å². The number of rotatable bonds is 8. The third-order valence-corrected chi connectivity index (χ3v) is 8.48. The molecule has 0 saturated carbocycles. The molecule has 33 heavy (non-hydrogen) atoms. The van der Waals surface area contributed by atoms with Crippen molar-refractivity contribution in [2.75, 3.05) is 46.2 Å². The van der Waals surface area contributed by atoms with Crippen LogP contribution >= 0.6 is 0 Å². The minimum atomic E-state index is -3.18. The lowest BCUT2D eigenvalue weighted by atomic mass is 9.94. The van der Waals surface area contributed by atoms with E-state index in [9.17, 15) is 18.0 Å². The lowest BCUT2D eigenvalue weighted by molar-refractivity contribution is -0.127. The first-order valence-electron chi connectivity index (χ1n) is 11.6. The summed E-state index contributed by atoms with van der Waals surface area (Å²) < 4.78 is 36.5. The molecule has 0 spiro atoms. The quantitative estimate of drug-likeness (QED) is 0.608. The number of methoxy groups -OCH3 is 2. The number of benzene rings is 1. The maximum atomic E-state index is 12.9. The van der Waals surface area contributed by atoms with Crippen molar-refractivity contribution in [3.8, 4) is 11.5 Å². The average molecular weight is 482 g/mol. The summed E-state index contributed by atoms with van der Waals surface area (Å²) in [7, 11) is -0.0990. The molecule has 0 radical (unpaired) electrons. The molecule has 2 fully saturated rings. The van der Waals surface area contributed by atoms with Crippen LogP contribution in [0.3, 0.4) is 0 Å². The zero-order valence-electron chi connectivity index (χ0n) is 19.7. The molecule has 0 atom stereocenters. The molecule has 2 heterocycles. The van der Waals surface area contributed by atoms with Gasteiger partial charge in [0.1, 0.15) is 11.5 Å². The Balaban J connectivity index is 1.48. The van der Waals surface area contributed by atoms with Gasteiger partial charge in [-0.3, -0.25) is 9.59 Å². The fraction of sp³-hybridized carbons (Fsp3) is 0.652. The van der Waals surface area contributed by atoms with Crippen LogP contribution in [0.25, 0.3) is 0 Å². The first kappa shape index (κ1) is 25.3. The molecule has 3 rings (SSSR count). The number of carbonyl (C=O) groups is 2. The Morgan fingerprint density at radius 2 is 1.55 bits per heavy atom. The molecule has 1 aromatic carbocycles. The predicted octanol–water partition coefficient (Wildman–Crippen LogP) is 1.88. The van der Waals surface area contributed by atoms with Crippen molar-refractivity contribution < 1.29 is 27.5 Å². The highest BCUT2D eigenvalue weighted by Crippen LogP contribution is 2.26. The van der Waals surface area contributed by atoms with E-state index in [0.29, 0.717) is 75.3 Å². The maximum Gasteiger partial charge on any atom is 0.254 e. The molecule has 1 aromatic rings. The number of sulfonamides is 1. The topological polar surface area (TPSA) is 105 Å². The van der Waals surface area contributed by atoms with Crippen LogP contribution in [0.4, 0.5) is 0 Å². The molecule has 2 saturated heterocycles. The third-order valence-electron chi connectivity index (χ3n) is 6.41. The van der Waals surface area contributed by atoms with Crippen LogP contribution in [-0.4, -0.2) is 81.6 Å². The Hall–Kier alpha value is -2.33. The van der Waals surface area contributed by atoms with Gasteiger partial charge in [0.15, 0.2) is 0 Å². The van der Waals surface area contributed by atoms with E-state index in [2.05, 4.69) is 5.32 Å². The van der Waals surface area contributed by atoms with Crippen LogP contribution in [0.15, 0.2) is 18.2 Å². The van der Waals surface area contributed by atoms with Crippen LogP contribution in [-0.2, 0) is 14.8 Å².